The summed E-state index contributed by atoms with van der Waals surface area (Å²) < 4.78 is 5.35. The van der Waals surface area contributed by atoms with Crippen molar-refractivity contribution in [3.63, 3.8) is 0 Å². The van der Waals surface area contributed by atoms with E-state index >= 15 is 0 Å². The van der Waals surface area contributed by atoms with Crippen molar-refractivity contribution < 1.29 is 4.74 Å². The van der Waals surface area contributed by atoms with Crippen LogP contribution in [0.25, 0.3) is 0 Å². The fourth-order valence-electron chi connectivity index (χ4n) is 2.39. The van der Waals surface area contributed by atoms with Crippen molar-refractivity contribution in [2.45, 2.75) is 13.8 Å². The molecule has 0 fully saturated rings. The number of hydrogen-bond acceptors (Lipinski definition) is 5. The molecule has 0 atom stereocenters. The maximum Gasteiger partial charge on any atom is 0.142 e. The highest BCUT2D eigenvalue weighted by Crippen LogP contribution is 2.27. The van der Waals surface area contributed by atoms with E-state index in [0.29, 0.717) is 5.82 Å². The minimum atomic E-state index is 0.697. The minimum Gasteiger partial charge on any atom is -0.495 e. The monoisotopic (exact) mass is 320 g/mol. The molecule has 0 unspecified atom stereocenters. The van der Waals surface area contributed by atoms with Gasteiger partial charge in [-0.05, 0) is 43.2 Å². The molecule has 2 aromatic carbocycles. The maximum atomic E-state index is 5.35. The van der Waals surface area contributed by atoms with E-state index in [-0.39, 0.29) is 0 Å². The molecule has 0 aliphatic carbocycles. The Morgan fingerprint density at radius 2 is 1.54 bits per heavy atom. The Labute approximate surface area is 141 Å². The van der Waals surface area contributed by atoms with Crippen molar-refractivity contribution in [1.29, 1.82) is 0 Å². The van der Waals surface area contributed by atoms with E-state index in [1.807, 2.05) is 30.3 Å². The Bertz CT molecular complexity index is 848. The zero-order valence-electron chi connectivity index (χ0n) is 14.0. The summed E-state index contributed by atoms with van der Waals surface area (Å²) in [5.74, 6) is 2.19. The third-order valence-electron chi connectivity index (χ3n) is 3.69. The van der Waals surface area contributed by atoms with Gasteiger partial charge in [-0.25, -0.2) is 9.97 Å². The first-order chi connectivity index (χ1) is 11.7. The molecule has 0 saturated heterocycles. The number of anilines is 4. The van der Waals surface area contributed by atoms with Gasteiger partial charge in [0.2, 0.25) is 0 Å². The van der Waals surface area contributed by atoms with Crippen LogP contribution in [0.4, 0.5) is 23.0 Å². The van der Waals surface area contributed by atoms with E-state index in [2.05, 4.69) is 52.6 Å². The average Bonchev–Trinajstić information content (AvgIpc) is 2.59. The van der Waals surface area contributed by atoms with Gasteiger partial charge in [-0.2, -0.15) is 0 Å². The summed E-state index contributed by atoms with van der Waals surface area (Å²) >= 11 is 0. The predicted octanol–water partition coefficient (Wildman–Crippen LogP) is 4.59. The number of aryl methyl sites for hydroxylation is 2. The number of rotatable bonds is 5. The predicted molar refractivity (Wildman–Crippen MR) is 97.5 cm³/mol. The quantitative estimate of drug-likeness (QED) is 0.720. The van der Waals surface area contributed by atoms with Crippen molar-refractivity contribution >= 4 is 23.0 Å². The zero-order valence-corrected chi connectivity index (χ0v) is 14.0. The molecule has 5 heteroatoms. The molecule has 5 nitrogen and oxygen atoms in total. The SMILES string of the molecule is COc1ccccc1Nc1cc(Nc2cc(C)ccc2C)ncn1. The van der Waals surface area contributed by atoms with E-state index < -0.39 is 0 Å². The molecule has 0 bridgehead atoms. The van der Waals surface area contributed by atoms with Crippen LogP contribution in [0.15, 0.2) is 54.9 Å². The van der Waals surface area contributed by atoms with Crippen LogP contribution in [0.5, 0.6) is 5.75 Å². The van der Waals surface area contributed by atoms with Crippen LogP contribution in [-0.2, 0) is 0 Å². The highest BCUT2D eigenvalue weighted by molar-refractivity contribution is 5.67. The smallest absolute Gasteiger partial charge is 0.142 e. The van der Waals surface area contributed by atoms with Crippen LogP contribution in [0.2, 0.25) is 0 Å². The first kappa shape index (κ1) is 15.8. The Hall–Kier alpha value is -3.08. The standard InChI is InChI=1S/C19H20N4O/c1-13-8-9-14(2)16(10-13)23-19-11-18(20-12-21-19)22-15-6-4-5-7-17(15)24-3/h4-12H,1-3H3,(H2,20,21,22,23). The van der Waals surface area contributed by atoms with E-state index in [0.717, 1.165) is 22.9 Å². The van der Waals surface area contributed by atoms with Gasteiger partial charge in [0.05, 0.1) is 12.8 Å². The summed E-state index contributed by atoms with van der Waals surface area (Å²) in [7, 11) is 1.65. The molecule has 0 amide bonds. The van der Waals surface area contributed by atoms with Crippen LogP contribution in [0, 0.1) is 13.8 Å². The number of methoxy groups -OCH3 is 1. The second kappa shape index (κ2) is 7.00. The van der Waals surface area contributed by atoms with E-state index in [9.17, 15) is 0 Å². The first-order valence-corrected chi connectivity index (χ1v) is 7.72. The van der Waals surface area contributed by atoms with Gasteiger partial charge in [0.15, 0.2) is 0 Å². The van der Waals surface area contributed by atoms with Crippen LogP contribution in [0.1, 0.15) is 11.1 Å². The Morgan fingerprint density at radius 3 is 2.29 bits per heavy atom. The van der Waals surface area contributed by atoms with Crippen LogP contribution in [-0.4, -0.2) is 17.1 Å². The van der Waals surface area contributed by atoms with Gasteiger partial charge in [-0.1, -0.05) is 24.3 Å². The van der Waals surface area contributed by atoms with Gasteiger partial charge in [-0.3, -0.25) is 0 Å². The van der Waals surface area contributed by atoms with E-state index in [1.54, 1.807) is 7.11 Å². The molecule has 0 radical (unpaired) electrons. The molecule has 1 heterocycles. The molecule has 0 aliphatic rings. The summed E-state index contributed by atoms with van der Waals surface area (Å²) in [6.07, 6.45) is 1.53. The molecule has 1 aromatic heterocycles. The van der Waals surface area contributed by atoms with Crippen LogP contribution >= 0.6 is 0 Å². The summed E-state index contributed by atoms with van der Waals surface area (Å²) in [6.45, 7) is 4.14. The minimum absolute atomic E-state index is 0.697. The van der Waals surface area contributed by atoms with E-state index in [4.69, 9.17) is 4.74 Å². The van der Waals surface area contributed by atoms with Crippen molar-refractivity contribution in [1.82, 2.24) is 9.97 Å². The van der Waals surface area contributed by atoms with Gasteiger partial charge >= 0.3 is 0 Å². The molecule has 0 aliphatic heterocycles. The lowest BCUT2D eigenvalue weighted by Crippen LogP contribution is -2.00. The molecule has 3 rings (SSSR count). The lowest BCUT2D eigenvalue weighted by atomic mass is 10.1. The first-order valence-electron chi connectivity index (χ1n) is 7.72. The molecule has 0 spiro atoms. The van der Waals surface area contributed by atoms with Crippen LogP contribution in [0.3, 0.4) is 0 Å². The maximum absolute atomic E-state index is 5.35. The third-order valence-corrected chi connectivity index (χ3v) is 3.69. The second-order valence-electron chi connectivity index (χ2n) is 5.56. The number of benzene rings is 2. The molecule has 3 aromatic rings. The largest absolute Gasteiger partial charge is 0.495 e. The van der Waals surface area contributed by atoms with Gasteiger partial charge in [0.25, 0.3) is 0 Å². The topological polar surface area (TPSA) is 59.1 Å². The molecule has 24 heavy (non-hydrogen) atoms. The highest BCUT2D eigenvalue weighted by Gasteiger charge is 2.05. The summed E-state index contributed by atoms with van der Waals surface area (Å²) in [5, 5.41) is 6.60. The van der Waals surface area contributed by atoms with Crippen molar-refractivity contribution in [2.75, 3.05) is 17.7 Å². The van der Waals surface area contributed by atoms with Gasteiger partial charge in [-0.15, -0.1) is 0 Å². The van der Waals surface area contributed by atoms with Crippen LogP contribution < -0.4 is 15.4 Å². The lowest BCUT2D eigenvalue weighted by molar-refractivity contribution is 0.417. The van der Waals surface area contributed by atoms with Crippen molar-refractivity contribution in [3.8, 4) is 5.75 Å². The lowest BCUT2D eigenvalue weighted by Gasteiger charge is -2.12. The Kier molecular flexibility index (Phi) is 4.61. The Balaban J connectivity index is 1.83. The number of hydrogen-bond donors (Lipinski definition) is 2. The molecule has 2 N–H and O–H groups in total. The summed E-state index contributed by atoms with van der Waals surface area (Å²) in [5.41, 5.74) is 4.26. The average molecular weight is 320 g/mol. The second-order valence-corrected chi connectivity index (χ2v) is 5.56. The van der Waals surface area contributed by atoms with Gasteiger partial charge in [0.1, 0.15) is 23.7 Å². The number of aromatic nitrogens is 2. The molecular formula is C19H20N4O. The number of nitrogens with zero attached hydrogens (tertiary/aromatic N) is 2. The normalized spacial score (nSPS) is 10.3. The Morgan fingerprint density at radius 1 is 0.833 bits per heavy atom. The zero-order chi connectivity index (χ0) is 16.9. The van der Waals surface area contributed by atoms with Gasteiger partial charge in [0, 0.05) is 11.8 Å². The fraction of sp³-hybridized carbons (Fsp3) is 0.158. The van der Waals surface area contributed by atoms with Crippen molar-refractivity contribution in [2.24, 2.45) is 0 Å². The number of nitrogens with one attached hydrogen (secondary N) is 2. The third kappa shape index (κ3) is 3.63. The fourth-order valence-corrected chi connectivity index (χ4v) is 2.39. The summed E-state index contributed by atoms with van der Waals surface area (Å²) in [4.78, 5) is 8.57. The summed E-state index contributed by atoms with van der Waals surface area (Å²) in [6, 6.07) is 15.9. The van der Waals surface area contributed by atoms with Crippen molar-refractivity contribution in [3.05, 3.63) is 66.0 Å². The number of ether oxygens (including phenoxy) is 1. The molecular weight excluding hydrogens is 300 g/mol. The molecule has 0 saturated carbocycles. The molecule has 122 valence electrons. The van der Waals surface area contributed by atoms with E-state index in [1.165, 1.54) is 17.5 Å². The number of para-hydroxylation sites is 2. The van der Waals surface area contributed by atoms with Gasteiger partial charge < -0.3 is 15.4 Å². The highest BCUT2D eigenvalue weighted by atomic mass is 16.5.